The minimum Gasteiger partial charge on any atom is -0.308 e. The molecule has 0 fully saturated rings. The van der Waals surface area contributed by atoms with Crippen LogP contribution in [0.25, 0.3) is 11.1 Å². The van der Waals surface area contributed by atoms with Crippen molar-refractivity contribution in [2.24, 2.45) is 5.92 Å². The van der Waals surface area contributed by atoms with E-state index in [2.05, 4.69) is 92.3 Å². The Bertz CT molecular complexity index is 619. The molecule has 0 saturated heterocycles. The van der Waals surface area contributed by atoms with E-state index >= 15 is 0 Å². The first-order valence-corrected chi connectivity index (χ1v) is 10.1. The first-order chi connectivity index (χ1) is 12.6. The topological polar surface area (TPSA) is 6.48 Å². The van der Waals surface area contributed by atoms with E-state index in [4.69, 9.17) is 0 Å². The normalized spacial score (nSPS) is 11.7. The first kappa shape index (κ1) is 20.7. The number of nitrogens with zero attached hydrogens (tertiary/aromatic N) is 2. The molecule has 0 aliphatic rings. The van der Waals surface area contributed by atoms with Gasteiger partial charge in [-0.25, -0.2) is 0 Å². The summed E-state index contributed by atoms with van der Waals surface area (Å²) in [6.45, 7) is 9.08. The molecule has 0 unspecified atom stereocenters. The summed E-state index contributed by atoms with van der Waals surface area (Å²) in [4.78, 5) is 4.91. The SMILES string of the molecule is CC(C)CCCCN(CCN(C)C)Cc1ccccc1-c1ccccc1. The van der Waals surface area contributed by atoms with E-state index in [1.54, 1.807) is 0 Å². The predicted molar refractivity (Wildman–Crippen MR) is 114 cm³/mol. The minimum absolute atomic E-state index is 0.809. The molecule has 0 aromatic heterocycles. The van der Waals surface area contributed by atoms with Crippen molar-refractivity contribution in [1.29, 1.82) is 0 Å². The molecule has 2 heteroatoms. The molecule has 0 aliphatic heterocycles. The lowest BCUT2D eigenvalue weighted by molar-refractivity contribution is 0.228. The summed E-state index contributed by atoms with van der Waals surface area (Å²) in [7, 11) is 4.32. The molecule has 0 spiro atoms. The van der Waals surface area contributed by atoms with Crippen LogP contribution in [0.15, 0.2) is 54.6 Å². The first-order valence-electron chi connectivity index (χ1n) is 10.1. The smallest absolute Gasteiger partial charge is 0.0240 e. The summed E-state index contributed by atoms with van der Waals surface area (Å²) < 4.78 is 0. The van der Waals surface area contributed by atoms with Crippen LogP contribution in [0.1, 0.15) is 38.7 Å². The van der Waals surface area contributed by atoms with Crippen LogP contribution >= 0.6 is 0 Å². The van der Waals surface area contributed by atoms with Crippen molar-refractivity contribution < 1.29 is 0 Å². The Balaban J connectivity index is 2.06. The number of unbranched alkanes of at least 4 members (excludes halogenated alkanes) is 1. The number of hydrogen-bond donors (Lipinski definition) is 0. The number of rotatable bonds is 11. The maximum absolute atomic E-state index is 2.63. The molecule has 2 rings (SSSR count). The molecule has 2 nitrogen and oxygen atoms in total. The highest BCUT2D eigenvalue weighted by Gasteiger charge is 2.11. The fraction of sp³-hybridized carbons (Fsp3) is 0.500. The molecule has 0 radical (unpaired) electrons. The molecule has 2 aromatic rings. The third kappa shape index (κ3) is 7.31. The highest BCUT2D eigenvalue weighted by atomic mass is 15.2. The molecule has 0 amide bonds. The lowest BCUT2D eigenvalue weighted by Crippen LogP contribution is -2.32. The second-order valence-corrected chi connectivity index (χ2v) is 7.99. The average Bonchev–Trinajstić information content (AvgIpc) is 2.64. The van der Waals surface area contributed by atoms with Gasteiger partial charge in [0.1, 0.15) is 0 Å². The molecule has 0 aliphatic carbocycles. The summed E-state index contributed by atoms with van der Waals surface area (Å²) in [5.41, 5.74) is 4.11. The highest BCUT2D eigenvalue weighted by Crippen LogP contribution is 2.24. The second kappa shape index (κ2) is 11.2. The Morgan fingerprint density at radius 1 is 0.769 bits per heavy atom. The van der Waals surface area contributed by atoms with Gasteiger partial charge in [-0.1, -0.05) is 81.3 Å². The molecule has 0 atom stereocenters. The summed E-state index contributed by atoms with van der Waals surface area (Å²) in [5.74, 6) is 0.809. The van der Waals surface area contributed by atoms with E-state index in [0.717, 1.165) is 25.6 Å². The fourth-order valence-corrected chi connectivity index (χ4v) is 3.30. The van der Waals surface area contributed by atoms with Crippen molar-refractivity contribution >= 4 is 0 Å². The molecule has 0 heterocycles. The van der Waals surface area contributed by atoms with Crippen LogP contribution in [0.4, 0.5) is 0 Å². The molecule has 0 bridgehead atoms. The molecule has 2 aromatic carbocycles. The van der Waals surface area contributed by atoms with Crippen LogP contribution < -0.4 is 0 Å². The summed E-state index contributed by atoms with van der Waals surface area (Å²) in [5, 5.41) is 0. The number of likely N-dealkylation sites (N-methyl/N-ethyl adjacent to an activating group) is 1. The van der Waals surface area contributed by atoms with Gasteiger partial charge in [-0.15, -0.1) is 0 Å². The summed E-state index contributed by atoms with van der Waals surface area (Å²) >= 11 is 0. The summed E-state index contributed by atoms with van der Waals surface area (Å²) in [6.07, 6.45) is 3.96. The molecular formula is C24H36N2. The van der Waals surface area contributed by atoms with E-state index in [1.165, 1.54) is 42.5 Å². The van der Waals surface area contributed by atoms with Crippen LogP contribution in [0, 0.1) is 5.92 Å². The van der Waals surface area contributed by atoms with Gasteiger partial charge in [0.15, 0.2) is 0 Å². The van der Waals surface area contributed by atoms with E-state index in [0.29, 0.717) is 0 Å². The molecule has 0 N–H and O–H groups in total. The largest absolute Gasteiger partial charge is 0.308 e. The Hall–Kier alpha value is -1.64. The third-order valence-corrected chi connectivity index (χ3v) is 4.87. The van der Waals surface area contributed by atoms with E-state index in [-0.39, 0.29) is 0 Å². The van der Waals surface area contributed by atoms with E-state index in [9.17, 15) is 0 Å². The van der Waals surface area contributed by atoms with Gasteiger partial charge in [-0.3, -0.25) is 4.90 Å². The van der Waals surface area contributed by atoms with Gasteiger partial charge in [-0.2, -0.15) is 0 Å². The van der Waals surface area contributed by atoms with Crippen LogP contribution in [-0.2, 0) is 6.54 Å². The van der Waals surface area contributed by atoms with E-state index in [1.807, 2.05) is 0 Å². The molecule has 0 saturated carbocycles. The van der Waals surface area contributed by atoms with Gasteiger partial charge in [0.2, 0.25) is 0 Å². The van der Waals surface area contributed by atoms with Gasteiger partial charge >= 0.3 is 0 Å². The zero-order chi connectivity index (χ0) is 18.8. The zero-order valence-electron chi connectivity index (χ0n) is 17.1. The Morgan fingerprint density at radius 3 is 2.15 bits per heavy atom. The second-order valence-electron chi connectivity index (χ2n) is 7.99. The maximum Gasteiger partial charge on any atom is 0.0240 e. The van der Waals surface area contributed by atoms with Gasteiger partial charge in [0, 0.05) is 19.6 Å². The average molecular weight is 353 g/mol. The monoisotopic (exact) mass is 352 g/mol. The number of benzene rings is 2. The standard InChI is InChI=1S/C24H36N2/c1-21(2)12-10-11-17-26(19-18-25(3)4)20-23-15-8-9-16-24(23)22-13-6-5-7-14-22/h5-9,13-16,21H,10-12,17-20H2,1-4H3. The lowest BCUT2D eigenvalue weighted by Gasteiger charge is -2.25. The van der Waals surface area contributed by atoms with Gasteiger partial charge in [0.05, 0.1) is 0 Å². The predicted octanol–water partition coefficient (Wildman–Crippen LogP) is 5.54. The maximum atomic E-state index is 2.63. The van der Waals surface area contributed by atoms with Crippen molar-refractivity contribution in [2.75, 3.05) is 33.7 Å². The third-order valence-electron chi connectivity index (χ3n) is 4.87. The van der Waals surface area contributed by atoms with Crippen LogP contribution in [0.2, 0.25) is 0 Å². The highest BCUT2D eigenvalue weighted by molar-refractivity contribution is 5.67. The van der Waals surface area contributed by atoms with Crippen molar-refractivity contribution in [3.8, 4) is 11.1 Å². The van der Waals surface area contributed by atoms with Crippen LogP contribution in [0.5, 0.6) is 0 Å². The van der Waals surface area contributed by atoms with Crippen LogP contribution in [-0.4, -0.2) is 43.5 Å². The number of hydrogen-bond acceptors (Lipinski definition) is 2. The Morgan fingerprint density at radius 2 is 1.46 bits per heavy atom. The van der Waals surface area contributed by atoms with Crippen molar-refractivity contribution in [3.63, 3.8) is 0 Å². The fourth-order valence-electron chi connectivity index (χ4n) is 3.30. The van der Waals surface area contributed by atoms with Crippen molar-refractivity contribution in [2.45, 2.75) is 39.7 Å². The van der Waals surface area contributed by atoms with Crippen LogP contribution in [0.3, 0.4) is 0 Å². The van der Waals surface area contributed by atoms with Gasteiger partial charge in [0.25, 0.3) is 0 Å². The quantitative estimate of drug-likeness (QED) is 0.490. The van der Waals surface area contributed by atoms with Crippen molar-refractivity contribution in [1.82, 2.24) is 9.80 Å². The van der Waals surface area contributed by atoms with Gasteiger partial charge < -0.3 is 4.90 Å². The minimum atomic E-state index is 0.809. The molecule has 142 valence electrons. The lowest BCUT2D eigenvalue weighted by atomic mass is 9.99. The summed E-state index contributed by atoms with van der Waals surface area (Å²) in [6, 6.07) is 19.6. The molecular weight excluding hydrogens is 316 g/mol. The Kier molecular flexibility index (Phi) is 8.87. The zero-order valence-corrected chi connectivity index (χ0v) is 17.1. The molecule has 26 heavy (non-hydrogen) atoms. The van der Waals surface area contributed by atoms with Gasteiger partial charge in [-0.05, 0) is 49.7 Å². The van der Waals surface area contributed by atoms with Crippen molar-refractivity contribution in [3.05, 3.63) is 60.2 Å². The van der Waals surface area contributed by atoms with E-state index < -0.39 is 0 Å². The Labute approximate surface area is 160 Å².